The summed E-state index contributed by atoms with van der Waals surface area (Å²) in [7, 11) is 1.47. The van der Waals surface area contributed by atoms with Crippen LogP contribution in [0.25, 0.3) is 0 Å². The number of carbonyl (C=O) groups is 2. The SMILES string of the molecule is CO/N=C/Cc1ccc2c(c1)C(=O)c1ccccc1C2=O. The zero-order valence-corrected chi connectivity index (χ0v) is 11.5. The highest BCUT2D eigenvalue weighted by Crippen LogP contribution is 2.27. The summed E-state index contributed by atoms with van der Waals surface area (Å²) in [5.74, 6) is -0.206. The Bertz CT molecular complexity index is 762. The van der Waals surface area contributed by atoms with E-state index in [4.69, 9.17) is 0 Å². The maximum Gasteiger partial charge on any atom is 0.194 e. The Kier molecular flexibility index (Phi) is 3.36. The molecule has 0 aromatic heterocycles. The molecule has 1 aliphatic carbocycles. The van der Waals surface area contributed by atoms with Gasteiger partial charge in [0.05, 0.1) is 0 Å². The standard InChI is InChI=1S/C17H13NO3/c1-21-18-9-8-11-6-7-14-15(10-11)17(20)13-5-3-2-4-12(13)16(14)19/h2-7,9-10H,8H2,1H3/b18-9+. The highest BCUT2D eigenvalue weighted by molar-refractivity contribution is 6.28. The molecule has 104 valence electrons. The third kappa shape index (κ3) is 2.25. The summed E-state index contributed by atoms with van der Waals surface area (Å²) in [4.78, 5) is 29.6. The van der Waals surface area contributed by atoms with Crippen molar-refractivity contribution in [1.82, 2.24) is 0 Å². The van der Waals surface area contributed by atoms with Crippen LogP contribution >= 0.6 is 0 Å². The Balaban J connectivity index is 2.04. The topological polar surface area (TPSA) is 55.7 Å². The van der Waals surface area contributed by atoms with E-state index in [0.29, 0.717) is 28.7 Å². The summed E-state index contributed by atoms with van der Waals surface area (Å²) < 4.78 is 0. The molecule has 0 atom stereocenters. The van der Waals surface area contributed by atoms with Crippen molar-refractivity contribution in [3.63, 3.8) is 0 Å². The first-order chi connectivity index (χ1) is 10.2. The first-order valence-electron chi connectivity index (χ1n) is 6.58. The van der Waals surface area contributed by atoms with Crippen LogP contribution in [0.1, 0.15) is 37.4 Å². The van der Waals surface area contributed by atoms with Crippen LogP contribution in [0.2, 0.25) is 0 Å². The predicted octanol–water partition coefficient (Wildman–Crippen LogP) is 2.64. The van der Waals surface area contributed by atoms with Crippen LogP contribution in [0, 0.1) is 0 Å². The zero-order chi connectivity index (χ0) is 14.8. The quantitative estimate of drug-likeness (QED) is 0.547. The molecule has 1 aliphatic rings. The maximum atomic E-state index is 12.5. The van der Waals surface area contributed by atoms with Gasteiger partial charge in [0.15, 0.2) is 11.6 Å². The van der Waals surface area contributed by atoms with Crippen LogP contribution < -0.4 is 0 Å². The van der Waals surface area contributed by atoms with Crippen molar-refractivity contribution in [3.8, 4) is 0 Å². The van der Waals surface area contributed by atoms with Crippen molar-refractivity contribution < 1.29 is 14.4 Å². The molecule has 3 rings (SSSR count). The van der Waals surface area contributed by atoms with Crippen molar-refractivity contribution in [3.05, 3.63) is 70.3 Å². The second kappa shape index (κ2) is 5.32. The Labute approximate surface area is 122 Å². The minimum Gasteiger partial charge on any atom is -0.399 e. The summed E-state index contributed by atoms with van der Waals surface area (Å²) in [5, 5.41) is 3.67. The van der Waals surface area contributed by atoms with E-state index in [1.54, 1.807) is 42.6 Å². The van der Waals surface area contributed by atoms with Gasteiger partial charge in [-0.2, -0.15) is 0 Å². The summed E-state index contributed by atoms with van der Waals surface area (Å²) in [6, 6.07) is 12.2. The minimum absolute atomic E-state index is 0.0997. The number of fused-ring (bicyclic) bond motifs is 2. The fourth-order valence-corrected chi connectivity index (χ4v) is 2.49. The van der Waals surface area contributed by atoms with E-state index in [1.807, 2.05) is 6.07 Å². The number of oxime groups is 1. The van der Waals surface area contributed by atoms with Gasteiger partial charge in [0.25, 0.3) is 0 Å². The third-order valence-corrected chi connectivity index (χ3v) is 3.50. The Hall–Kier alpha value is -2.75. The van der Waals surface area contributed by atoms with Crippen molar-refractivity contribution in [2.45, 2.75) is 6.42 Å². The molecule has 21 heavy (non-hydrogen) atoms. The van der Waals surface area contributed by atoms with E-state index in [9.17, 15) is 9.59 Å². The molecule has 0 fully saturated rings. The number of ketones is 2. The molecule has 4 nitrogen and oxygen atoms in total. The maximum absolute atomic E-state index is 12.5. The van der Waals surface area contributed by atoms with Gasteiger partial charge >= 0.3 is 0 Å². The minimum atomic E-state index is -0.106. The van der Waals surface area contributed by atoms with Crippen LogP contribution in [-0.4, -0.2) is 24.9 Å². The molecule has 0 spiro atoms. The summed E-state index contributed by atoms with van der Waals surface area (Å²) in [6.45, 7) is 0. The molecule has 0 saturated carbocycles. The lowest BCUT2D eigenvalue weighted by Gasteiger charge is -2.17. The number of hydrogen-bond acceptors (Lipinski definition) is 4. The number of rotatable bonds is 3. The van der Waals surface area contributed by atoms with Crippen LogP contribution in [0.5, 0.6) is 0 Å². The molecule has 0 saturated heterocycles. The molecular weight excluding hydrogens is 266 g/mol. The van der Waals surface area contributed by atoms with Crippen LogP contribution in [-0.2, 0) is 11.3 Å². The second-order valence-electron chi connectivity index (χ2n) is 4.76. The van der Waals surface area contributed by atoms with Gasteiger partial charge in [-0.3, -0.25) is 9.59 Å². The lowest BCUT2D eigenvalue weighted by Crippen LogP contribution is -2.21. The Morgan fingerprint density at radius 3 is 2.24 bits per heavy atom. The fourth-order valence-electron chi connectivity index (χ4n) is 2.49. The summed E-state index contributed by atoms with van der Waals surface area (Å²) in [5.41, 5.74) is 2.78. The van der Waals surface area contributed by atoms with Crippen molar-refractivity contribution in [2.24, 2.45) is 5.16 Å². The van der Waals surface area contributed by atoms with Crippen LogP contribution in [0.4, 0.5) is 0 Å². The average Bonchev–Trinajstić information content (AvgIpc) is 2.53. The molecular formula is C17H13NO3. The van der Waals surface area contributed by atoms with Gasteiger partial charge in [-0.05, 0) is 11.6 Å². The number of benzene rings is 2. The summed E-state index contributed by atoms with van der Waals surface area (Å²) in [6.07, 6.45) is 2.16. The van der Waals surface area contributed by atoms with E-state index in [2.05, 4.69) is 9.99 Å². The molecule has 0 radical (unpaired) electrons. The van der Waals surface area contributed by atoms with Crippen molar-refractivity contribution in [1.29, 1.82) is 0 Å². The highest BCUT2D eigenvalue weighted by Gasteiger charge is 2.29. The van der Waals surface area contributed by atoms with E-state index < -0.39 is 0 Å². The smallest absolute Gasteiger partial charge is 0.194 e. The third-order valence-electron chi connectivity index (χ3n) is 3.50. The van der Waals surface area contributed by atoms with Gasteiger partial charge in [-0.15, -0.1) is 0 Å². The number of hydrogen-bond donors (Lipinski definition) is 0. The molecule has 0 N–H and O–H groups in total. The first-order valence-corrected chi connectivity index (χ1v) is 6.58. The van der Waals surface area contributed by atoms with Gasteiger partial charge in [0.2, 0.25) is 0 Å². The molecule has 4 heteroatoms. The molecule has 2 aromatic carbocycles. The highest BCUT2D eigenvalue weighted by atomic mass is 16.6. The molecule has 0 aliphatic heterocycles. The predicted molar refractivity (Wildman–Crippen MR) is 79.0 cm³/mol. The first kappa shape index (κ1) is 13.2. The second-order valence-corrected chi connectivity index (χ2v) is 4.76. The van der Waals surface area contributed by atoms with E-state index in [1.165, 1.54) is 7.11 Å². The largest absolute Gasteiger partial charge is 0.399 e. The van der Waals surface area contributed by atoms with Crippen LogP contribution in [0.3, 0.4) is 0 Å². The lowest BCUT2D eigenvalue weighted by molar-refractivity contribution is 0.0979. The van der Waals surface area contributed by atoms with Crippen molar-refractivity contribution in [2.75, 3.05) is 7.11 Å². The Morgan fingerprint density at radius 2 is 1.57 bits per heavy atom. The van der Waals surface area contributed by atoms with E-state index >= 15 is 0 Å². The Morgan fingerprint density at radius 1 is 0.952 bits per heavy atom. The van der Waals surface area contributed by atoms with Gasteiger partial charge in [0.1, 0.15) is 7.11 Å². The number of nitrogens with zero attached hydrogens (tertiary/aromatic N) is 1. The molecule has 0 unspecified atom stereocenters. The monoisotopic (exact) mass is 279 g/mol. The van der Waals surface area contributed by atoms with E-state index in [-0.39, 0.29) is 11.6 Å². The van der Waals surface area contributed by atoms with Gasteiger partial charge in [-0.1, -0.05) is 41.6 Å². The molecule has 0 heterocycles. The van der Waals surface area contributed by atoms with Gasteiger partial charge < -0.3 is 4.84 Å². The number of carbonyl (C=O) groups excluding carboxylic acids is 2. The zero-order valence-electron chi connectivity index (χ0n) is 11.5. The molecule has 2 aromatic rings. The molecule has 0 amide bonds. The lowest BCUT2D eigenvalue weighted by atomic mass is 9.83. The van der Waals surface area contributed by atoms with Crippen LogP contribution in [0.15, 0.2) is 47.6 Å². The van der Waals surface area contributed by atoms with Gasteiger partial charge in [0, 0.05) is 34.9 Å². The average molecular weight is 279 g/mol. The molecule has 0 bridgehead atoms. The van der Waals surface area contributed by atoms with Crippen molar-refractivity contribution >= 4 is 17.8 Å². The summed E-state index contributed by atoms with van der Waals surface area (Å²) >= 11 is 0. The fraction of sp³-hybridized carbons (Fsp3) is 0.118. The van der Waals surface area contributed by atoms with Gasteiger partial charge in [-0.25, -0.2) is 0 Å². The van der Waals surface area contributed by atoms with E-state index in [0.717, 1.165) is 5.56 Å². The normalized spacial score (nSPS) is 13.2.